The van der Waals surface area contributed by atoms with Gasteiger partial charge in [-0.05, 0) is 79.6 Å². The van der Waals surface area contributed by atoms with Crippen molar-refractivity contribution in [3.05, 3.63) is 32.4 Å². The average Bonchev–Trinajstić information content (AvgIpc) is 2.42. The monoisotopic (exact) mass is 392 g/mol. The van der Waals surface area contributed by atoms with Crippen LogP contribution in [0.25, 0.3) is 0 Å². The molecule has 1 fully saturated rings. The summed E-state index contributed by atoms with van der Waals surface area (Å²) in [6.45, 7) is 4.14. The summed E-state index contributed by atoms with van der Waals surface area (Å²) in [4.78, 5) is 12.2. The lowest BCUT2D eigenvalue weighted by molar-refractivity contribution is 0.0922. The first-order chi connectivity index (χ1) is 9.08. The molecule has 1 amide bonds. The summed E-state index contributed by atoms with van der Waals surface area (Å²) in [5, 5.41) is 7.07. The fourth-order valence-corrected chi connectivity index (χ4v) is 2.87. The maximum absolute atomic E-state index is 12.2. The van der Waals surface area contributed by atoms with Gasteiger partial charge in [0.05, 0.1) is 5.02 Å². The third-order valence-electron chi connectivity index (χ3n) is 3.58. The first kappa shape index (κ1) is 15.1. The summed E-state index contributed by atoms with van der Waals surface area (Å²) in [6.07, 6.45) is 2.35. The first-order valence-electron chi connectivity index (χ1n) is 6.54. The molecular weight excluding hydrogens is 375 g/mol. The number of piperidine rings is 1. The van der Waals surface area contributed by atoms with Crippen molar-refractivity contribution >= 4 is 40.1 Å². The van der Waals surface area contributed by atoms with Gasteiger partial charge in [0.2, 0.25) is 0 Å². The van der Waals surface area contributed by atoms with E-state index in [2.05, 4.69) is 40.1 Å². The van der Waals surface area contributed by atoms with E-state index >= 15 is 0 Å². The highest BCUT2D eigenvalue weighted by atomic mass is 127. The normalized spacial score (nSPS) is 20.9. The SMILES string of the molecule is CC(NC(=O)c1ccc(I)c(Cl)c1)C1CCCNC1. The Kier molecular flexibility index (Phi) is 5.47. The zero-order valence-electron chi connectivity index (χ0n) is 10.9. The molecule has 19 heavy (non-hydrogen) atoms. The molecule has 1 heterocycles. The molecule has 1 aromatic rings. The molecule has 0 radical (unpaired) electrons. The Morgan fingerprint density at radius 1 is 1.58 bits per heavy atom. The van der Waals surface area contributed by atoms with E-state index in [0.29, 0.717) is 16.5 Å². The number of benzene rings is 1. The van der Waals surface area contributed by atoms with Crippen LogP contribution in [-0.2, 0) is 0 Å². The van der Waals surface area contributed by atoms with Crippen LogP contribution in [0.4, 0.5) is 0 Å². The fraction of sp³-hybridized carbons (Fsp3) is 0.500. The zero-order chi connectivity index (χ0) is 13.8. The molecule has 0 spiro atoms. The van der Waals surface area contributed by atoms with Crippen molar-refractivity contribution in [1.82, 2.24) is 10.6 Å². The second kappa shape index (κ2) is 6.90. The number of amides is 1. The molecule has 0 bridgehead atoms. The van der Waals surface area contributed by atoms with Gasteiger partial charge in [-0.15, -0.1) is 0 Å². The topological polar surface area (TPSA) is 41.1 Å². The van der Waals surface area contributed by atoms with Gasteiger partial charge in [-0.2, -0.15) is 0 Å². The van der Waals surface area contributed by atoms with Crippen LogP contribution < -0.4 is 10.6 Å². The summed E-state index contributed by atoms with van der Waals surface area (Å²) >= 11 is 8.20. The van der Waals surface area contributed by atoms with Crippen molar-refractivity contribution < 1.29 is 4.79 Å². The highest BCUT2D eigenvalue weighted by Crippen LogP contribution is 2.20. The molecule has 1 aliphatic rings. The number of hydrogen-bond donors (Lipinski definition) is 2. The van der Waals surface area contributed by atoms with Crippen molar-refractivity contribution in [2.24, 2.45) is 5.92 Å². The van der Waals surface area contributed by atoms with Gasteiger partial charge in [-0.25, -0.2) is 0 Å². The molecule has 104 valence electrons. The Labute approximate surface area is 132 Å². The third-order valence-corrected chi connectivity index (χ3v) is 5.15. The minimum absolute atomic E-state index is 0.0450. The maximum Gasteiger partial charge on any atom is 0.251 e. The van der Waals surface area contributed by atoms with Gasteiger partial charge in [0.1, 0.15) is 0 Å². The Morgan fingerprint density at radius 2 is 2.37 bits per heavy atom. The molecule has 2 N–H and O–H groups in total. The van der Waals surface area contributed by atoms with Crippen LogP contribution >= 0.6 is 34.2 Å². The van der Waals surface area contributed by atoms with Crippen LogP contribution in [0.2, 0.25) is 5.02 Å². The molecule has 1 aromatic carbocycles. The standard InChI is InChI=1S/C14H18ClIN2O/c1-9(11-3-2-6-17-8-11)18-14(19)10-4-5-13(16)12(15)7-10/h4-5,7,9,11,17H,2-3,6,8H2,1H3,(H,18,19). The van der Waals surface area contributed by atoms with Crippen molar-refractivity contribution in [1.29, 1.82) is 0 Å². The fourth-order valence-electron chi connectivity index (χ4n) is 2.35. The van der Waals surface area contributed by atoms with Gasteiger partial charge < -0.3 is 10.6 Å². The van der Waals surface area contributed by atoms with Crippen molar-refractivity contribution in [2.45, 2.75) is 25.8 Å². The van der Waals surface area contributed by atoms with E-state index in [-0.39, 0.29) is 11.9 Å². The molecule has 0 aliphatic carbocycles. The van der Waals surface area contributed by atoms with E-state index in [9.17, 15) is 4.79 Å². The smallest absolute Gasteiger partial charge is 0.251 e. The zero-order valence-corrected chi connectivity index (χ0v) is 13.8. The molecule has 3 nitrogen and oxygen atoms in total. The molecule has 2 atom stereocenters. The van der Waals surface area contributed by atoms with Crippen molar-refractivity contribution in [2.75, 3.05) is 13.1 Å². The lowest BCUT2D eigenvalue weighted by atomic mass is 9.92. The lowest BCUT2D eigenvalue weighted by Gasteiger charge is -2.29. The van der Waals surface area contributed by atoms with Gasteiger partial charge in [-0.1, -0.05) is 11.6 Å². The summed E-state index contributed by atoms with van der Waals surface area (Å²) in [6, 6.07) is 5.59. The molecule has 5 heteroatoms. The molecule has 0 aromatic heterocycles. The highest BCUT2D eigenvalue weighted by Gasteiger charge is 2.21. The summed E-state index contributed by atoms with van der Waals surface area (Å²) in [7, 11) is 0. The Bertz CT molecular complexity index is 461. The van der Waals surface area contributed by atoms with Gasteiger partial charge in [0, 0.05) is 15.2 Å². The molecule has 2 unspecified atom stereocenters. The number of rotatable bonds is 3. The molecule has 0 saturated carbocycles. The summed E-state index contributed by atoms with van der Waals surface area (Å²) < 4.78 is 0.959. The maximum atomic E-state index is 12.2. The van der Waals surface area contributed by atoms with E-state index in [1.54, 1.807) is 6.07 Å². The van der Waals surface area contributed by atoms with E-state index < -0.39 is 0 Å². The first-order valence-corrected chi connectivity index (χ1v) is 8.00. The van der Waals surface area contributed by atoms with E-state index in [1.165, 1.54) is 12.8 Å². The Balaban J connectivity index is 1.97. The minimum atomic E-state index is -0.0450. The van der Waals surface area contributed by atoms with Gasteiger partial charge in [-0.3, -0.25) is 4.79 Å². The average molecular weight is 393 g/mol. The van der Waals surface area contributed by atoms with Crippen LogP contribution in [0.1, 0.15) is 30.1 Å². The number of halogens is 2. The minimum Gasteiger partial charge on any atom is -0.349 e. The third kappa shape index (κ3) is 4.07. The molecule has 1 saturated heterocycles. The van der Waals surface area contributed by atoms with Crippen LogP contribution in [0.3, 0.4) is 0 Å². The van der Waals surface area contributed by atoms with Gasteiger partial charge in [0.25, 0.3) is 5.91 Å². The largest absolute Gasteiger partial charge is 0.349 e. The Morgan fingerprint density at radius 3 is 3.00 bits per heavy atom. The van der Waals surface area contributed by atoms with Gasteiger partial charge >= 0.3 is 0 Å². The quantitative estimate of drug-likeness (QED) is 0.776. The van der Waals surface area contributed by atoms with E-state index in [1.807, 2.05) is 12.1 Å². The number of hydrogen-bond acceptors (Lipinski definition) is 2. The predicted octanol–water partition coefficient (Wildman–Crippen LogP) is 3.06. The van der Waals surface area contributed by atoms with Crippen molar-refractivity contribution in [3.8, 4) is 0 Å². The van der Waals surface area contributed by atoms with Crippen molar-refractivity contribution in [3.63, 3.8) is 0 Å². The van der Waals surface area contributed by atoms with E-state index in [0.717, 1.165) is 16.7 Å². The van der Waals surface area contributed by atoms with Gasteiger partial charge in [0.15, 0.2) is 0 Å². The lowest BCUT2D eigenvalue weighted by Crippen LogP contribution is -2.44. The number of carbonyl (C=O) groups is 1. The van der Waals surface area contributed by atoms with Crippen LogP contribution in [-0.4, -0.2) is 25.0 Å². The summed E-state index contributed by atoms with van der Waals surface area (Å²) in [5.74, 6) is 0.466. The van der Waals surface area contributed by atoms with Crippen LogP contribution in [0, 0.1) is 9.49 Å². The second-order valence-corrected chi connectivity index (χ2v) is 6.57. The van der Waals surface area contributed by atoms with E-state index in [4.69, 9.17) is 11.6 Å². The summed E-state index contributed by atoms with van der Waals surface area (Å²) in [5.41, 5.74) is 0.626. The Hall–Kier alpha value is -0.330. The molecule has 2 rings (SSSR count). The van der Waals surface area contributed by atoms with Crippen LogP contribution in [0.5, 0.6) is 0 Å². The number of carbonyl (C=O) groups excluding carboxylic acids is 1. The van der Waals surface area contributed by atoms with Crippen LogP contribution in [0.15, 0.2) is 18.2 Å². The molecular formula is C14H18ClIN2O. The number of nitrogens with one attached hydrogen (secondary N) is 2. The second-order valence-electron chi connectivity index (χ2n) is 5.00. The predicted molar refractivity (Wildman–Crippen MR) is 86.7 cm³/mol. The molecule has 1 aliphatic heterocycles. The highest BCUT2D eigenvalue weighted by molar-refractivity contribution is 14.1.